The molecular formula is C28H31N3O3S. The topological polar surface area (TPSA) is 72.5 Å². The van der Waals surface area contributed by atoms with Crippen LogP contribution in [0.5, 0.6) is 11.5 Å². The van der Waals surface area contributed by atoms with E-state index >= 15 is 0 Å². The average Bonchev–Trinajstić information content (AvgIpc) is 3.24. The number of rotatable bonds is 8. The minimum atomic E-state index is -0.300. The highest BCUT2D eigenvalue weighted by atomic mass is 32.1. The summed E-state index contributed by atoms with van der Waals surface area (Å²) in [7, 11) is 1.59. The lowest BCUT2D eigenvalue weighted by molar-refractivity contribution is -0.124. The van der Waals surface area contributed by atoms with Crippen LogP contribution in [0.1, 0.15) is 31.9 Å². The van der Waals surface area contributed by atoms with Crippen LogP contribution in [0, 0.1) is 6.92 Å². The van der Waals surface area contributed by atoms with Gasteiger partial charge in [-0.25, -0.2) is 4.98 Å². The summed E-state index contributed by atoms with van der Waals surface area (Å²) < 4.78 is 12.4. The number of fused-ring (bicyclic) bond motifs is 1. The molecule has 1 aromatic heterocycles. The second-order valence-corrected chi connectivity index (χ2v) is 10.5. The molecule has 3 aromatic carbocycles. The van der Waals surface area contributed by atoms with Gasteiger partial charge in [0.15, 0.2) is 18.1 Å². The van der Waals surface area contributed by atoms with E-state index < -0.39 is 0 Å². The van der Waals surface area contributed by atoms with Crippen LogP contribution in [0.2, 0.25) is 0 Å². The predicted octanol–water partition coefficient (Wildman–Crippen LogP) is 6.19. The van der Waals surface area contributed by atoms with Crippen LogP contribution in [0.3, 0.4) is 0 Å². The molecule has 0 saturated carbocycles. The molecular weight excluding hydrogens is 458 g/mol. The molecule has 35 heavy (non-hydrogen) atoms. The van der Waals surface area contributed by atoms with Crippen molar-refractivity contribution in [2.75, 3.05) is 19.0 Å². The van der Waals surface area contributed by atoms with E-state index in [4.69, 9.17) is 14.5 Å². The number of thiazole rings is 1. The Morgan fingerprint density at radius 2 is 1.77 bits per heavy atom. The quantitative estimate of drug-likeness (QED) is 0.309. The smallest absolute Gasteiger partial charge is 0.258 e. The van der Waals surface area contributed by atoms with Gasteiger partial charge in [-0.3, -0.25) is 4.79 Å². The first kappa shape index (κ1) is 24.5. The summed E-state index contributed by atoms with van der Waals surface area (Å²) >= 11 is 1.71. The number of carbonyl (C=O) groups is 1. The minimum Gasteiger partial charge on any atom is -0.493 e. The number of nitrogens with one attached hydrogen (secondary N) is 2. The number of hydrogen-bond donors (Lipinski definition) is 2. The molecule has 0 aliphatic heterocycles. The van der Waals surface area contributed by atoms with Crippen molar-refractivity contribution in [2.45, 2.75) is 39.8 Å². The largest absolute Gasteiger partial charge is 0.493 e. The van der Waals surface area contributed by atoms with Crippen LogP contribution in [0.4, 0.5) is 5.69 Å². The summed E-state index contributed by atoms with van der Waals surface area (Å²) in [6.45, 7) is 8.46. The number of hydrogen-bond acceptors (Lipinski definition) is 6. The van der Waals surface area contributed by atoms with Crippen LogP contribution in [0.15, 0.2) is 60.7 Å². The predicted molar refractivity (Wildman–Crippen MR) is 144 cm³/mol. The third-order valence-electron chi connectivity index (χ3n) is 5.27. The first-order chi connectivity index (χ1) is 16.7. The van der Waals surface area contributed by atoms with E-state index in [1.54, 1.807) is 18.4 Å². The minimum absolute atomic E-state index is 0.0636. The average molecular weight is 490 g/mol. The fourth-order valence-corrected chi connectivity index (χ4v) is 4.70. The van der Waals surface area contributed by atoms with Gasteiger partial charge in [0.2, 0.25) is 0 Å². The number of carbonyl (C=O) groups excluding carboxylic acids is 1. The number of anilines is 1. The van der Waals surface area contributed by atoms with Gasteiger partial charge in [-0.05, 0) is 87.4 Å². The molecule has 0 fully saturated rings. The maximum atomic E-state index is 12.0. The molecule has 0 aliphatic carbocycles. The Balaban J connectivity index is 1.36. The van der Waals surface area contributed by atoms with E-state index in [0.29, 0.717) is 18.0 Å². The number of amides is 1. The van der Waals surface area contributed by atoms with Gasteiger partial charge in [0.1, 0.15) is 5.01 Å². The molecule has 6 nitrogen and oxygen atoms in total. The molecule has 4 rings (SSSR count). The lowest BCUT2D eigenvalue weighted by Crippen LogP contribution is -2.43. The summed E-state index contributed by atoms with van der Waals surface area (Å²) in [5.74, 6) is 0.958. The van der Waals surface area contributed by atoms with E-state index in [1.807, 2.05) is 39.0 Å². The molecule has 0 spiro atoms. The SMILES string of the molecule is COc1cc(CNc2ccc(-c3nc4ccc(C)cc4s3)cc2)ccc1OCC(=O)NC(C)(C)C. The first-order valence-electron chi connectivity index (χ1n) is 11.5. The molecule has 0 aliphatic rings. The van der Waals surface area contributed by atoms with Gasteiger partial charge in [0.05, 0.1) is 17.3 Å². The summed E-state index contributed by atoms with van der Waals surface area (Å²) in [6, 6.07) is 20.4. The zero-order valence-electron chi connectivity index (χ0n) is 20.8. The van der Waals surface area contributed by atoms with Crippen molar-refractivity contribution >= 4 is 33.1 Å². The van der Waals surface area contributed by atoms with E-state index in [9.17, 15) is 4.79 Å². The summed E-state index contributed by atoms with van der Waals surface area (Å²) in [5.41, 5.74) is 5.14. The molecule has 2 N–H and O–H groups in total. The van der Waals surface area contributed by atoms with Crippen molar-refractivity contribution in [2.24, 2.45) is 0 Å². The Morgan fingerprint density at radius 1 is 1.00 bits per heavy atom. The molecule has 0 atom stereocenters. The van der Waals surface area contributed by atoms with Crippen LogP contribution in [0.25, 0.3) is 20.8 Å². The van der Waals surface area contributed by atoms with Gasteiger partial charge in [-0.1, -0.05) is 12.1 Å². The third kappa shape index (κ3) is 6.51. The molecule has 1 heterocycles. The van der Waals surface area contributed by atoms with E-state index in [1.165, 1.54) is 10.3 Å². The lowest BCUT2D eigenvalue weighted by Gasteiger charge is -2.20. The molecule has 182 valence electrons. The highest BCUT2D eigenvalue weighted by Crippen LogP contribution is 2.32. The second kappa shape index (κ2) is 10.4. The Morgan fingerprint density at radius 3 is 2.49 bits per heavy atom. The van der Waals surface area contributed by atoms with Crippen LogP contribution in [-0.4, -0.2) is 30.1 Å². The van der Waals surface area contributed by atoms with E-state index in [-0.39, 0.29) is 18.1 Å². The number of nitrogens with zero attached hydrogens (tertiary/aromatic N) is 1. The Labute approximate surface area is 210 Å². The van der Waals surface area contributed by atoms with E-state index in [0.717, 1.165) is 27.3 Å². The molecule has 0 radical (unpaired) electrons. The van der Waals surface area contributed by atoms with Crippen molar-refractivity contribution in [1.82, 2.24) is 10.3 Å². The van der Waals surface area contributed by atoms with Crippen LogP contribution >= 0.6 is 11.3 Å². The molecule has 7 heteroatoms. The first-order valence-corrected chi connectivity index (χ1v) is 12.3. The highest BCUT2D eigenvalue weighted by Gasteiger charge is 2.15. The number of benzene rings is 3. The van der Waals surface area contributed by atoms with Crippen molar-refractivity contribution in [3.8, 4) is 22.1 Å². The number of aryl methyl sites for hydroxylation is 1. The normalized spacial score (nSPS) is 11.3. The Hall–Kier alpha value is -3.58. The molecule has 0 saturated heterocycles. The Bertz CT molecular complexity index is 1320. The van der Waals surface area contributed by atoms with Gasteiger partial charge in [-0.15, -0.1) is 11.3 Å². The van der Waals surface area contributed by atoms with E-state index in [2.05, 4.69) is 60.0 Å². The molecule has 0 unspecified atom stereocenters. The van der Waals surface area contributed by atoms with Gasteiger partial charge in [0, 0.05) is 23.3 Å². The molecule has 1 amide bonds. The van der Waals surface area contributed by atoms with Crippen molar-refractivity contribution in [3.63, 3.8) is 0 Å². The third-order valence-corrected chi connectivity index (χ3v) is 6.34. The molecule has 4 aromatic rings. The lowest BCUT2D eigenvalue weighted by atomic mass is 10.1. The van der Waals surface area contributed by atoms with Gasteiger partial charge in [0.25, 0.3) is 5.91 Å². The fraction of sp³-hybridized carbons (Fsp3) is 0.286. The monoisotopic (exact) mass is 489 g/mol. The van der Waals surface area contributed by atoms with Crippen molar-refractivity contribution in [3.05, 3.63) is 71.8 Å². The zero-order chi connectivity index (χ0) is 25.0. The standard InChI is InChI=1S/C28H31N3O3S/c1-18-6-12-22-25(14-18)35-27(30-22)20-8-10-21(11-9-20)29-16-19-7-13-23(24(15-19)33-5)34-17-26(32)31-28(2,3)4/h6-15,29H,16-17H2,1-5H3,(H,31,32). The van der Waals surface area contributed by atoms with Gasteiger partial charge >= 0.3 is 0 Å². The maximum Gasteiger partial charge on any atom is 0.258 e. The molecule has 0 bridgehead atoms. The van der Waals surface area contributed by atoms with Crippen LogP contribution in [-0.2, 0) is 11.3 Å². The highest BCUT2D eigenvalue weighted by molar-refractivity contribution is 7.21. The van der Waals surface area contributed by atoms with Crippen LogP contribution < -0.4 is 20.1 Å². The van der Waals surface area contributed by atoms with Crippen molar-refractivity contribution < 1.29 is 14.3 Å². The maximum absolute atomic E-state index is 12.0. The number of methoxy groups -OCH3 is 1. The Kier molecular flexibility index (Phi) is 7.26. The summed E-state index contributed by atoms with van der Waals surface area (Å²) in [6.07, 6.45) is 0. The van der Waals surface area contributed by atoms with Crippen molar-refractivity contribution in [1.29, 1.82) is 0 Å². The zero-order valence-corrected chi connectivity index (χ0v) is 21.6. The summed E-state index contributed by atoms with van der Waals surface area (Å²) in [4.78, 5) is 16.8. The van der Waals surface area contributed by atoms with Gasteiger partial charge < -0.3 is 20.1 Å². The fourth-order valence-electron chi connectivity index (χ4n) is 3.63. The second-order valence-electron chi connectivity index (χ2n) is 9.49. The van der Waals surface area contributed by atoms with Gasteiger partial charge in [-0.2, -0.15) is 0 Å². The number of ether oxygens (including phenoxy) is 2. The number of aromatic nitrogens is 1. The summed E-state index contributed by atoms with van der Waals surface area (Å²) in [5, 5.41) is 7.35.